The Morgan fingerprint density at radius 2 is 1.46 bits per heavy atom. The highest BCUT2D eigenvalue weighted by atomic mass is 16.2. The van der Waals surface area contributed by atoms with Crippen LogP contribution in [0.1, 0.15) is 43.0 Å². The molecule has 2 amide bonds. The number of amides is 2. The summed E-state index contributed by atoms with van der Waals surface area (Å²) in [6.45, 7) is 12.2. The molecule has 1 N–H and O–H groups in total. The van der Waals surface area contributed by atoms with E-state index in [9.17, 15) is 9.59 Å². The van der Waals surface area contributed by atoms with E-state index in [0.29, 0.717) is 17.0 Å². The molecule has 0 fully saturated rings. The van der Waals surface area contributed by atoms with Gasteiger partial charge in [-0.05, 0) is 87.2 Å². The van der Waals surface area contributed by atoms with Crippen LogP contribution in [0.3, 0.4) is 0 Å². The molecule has 1 aliphatic rings. The molecule has 0 bridgehead atoms. The van der Waals surface area contributed by atoms with E-state index in [1.54, 1.807) is 0 Å². The number of aryl methyl sites for hydroxylation is 3. The molecule has 5 heteroatoms. The van der Waals surface area contributed by atoms with Gasteiger partial charge in [0.15, 0.2) is 0 Å². The van der Waals surface area contributed by atoms with Crippen molar-refractivity contribution in [2.75, 3.05) is 28.2 Å². The van der Waals surface area contributed by atoms with Crippen LogP contribution in [0, 0.1) is 13.8 Å². The summed E-state index contributed by atoms with van der Waals surface area (Å²) in [6.07, 6.45) is 0.893. The largest absolute Gasteiger partial charge is 0.372 e. The molecule has 0 aromatic heterocycles. The van der Waals surface area contributed by atoms with Crippen LogP contribution in [0.15, 0.2) is 72.4 Å². The first-order valence-electron chi connectivity index (χ1n) is 12.3. The fraction of sp³-hybridized carbons (Fsp3) is 0.267. The third-order valence-electron chi connectivity index (χ3n) is 6.60. The van der Waals surface area contributed by atoms with E-state index >= 15 is 0 Å². The summed E-state index contributed by atoms with van der Waals surface area (Å²) >= 11 is 0. The monoisotopic (exact) mass is 467 g/mol. The van der Waals surface area contributed by atoms with Crippen LogP contribution in [-0.4, -0.2) is 24.9 Å². The molecule has 35 heavy (non-hydrogen) atoms. The number of nitrogens with one attached hydrogen (secondary N) is 1. The normalized spacial score (nSPS) is 13.6. The zero-order chi connectivity index (χ0) is 25.1. The molecule has 0 radical (unpaired) electrons. The fourth-order valence-electron chi connectivity index (χ4n) is 4.59. The molecule has 4 rings (SSSR count). The van der Waals surface area contributed by atoms with E-state index in [-0.39, 0.29) is 11.8 Å². The first kappa shape index (κ1) is 24.3. The number of carbonyl (C=O) groups is 2. The maximum Gasteiger partial charge on any atom is 0.282 e. The van der Waals surface area contributed by atoms with Crippen LogP contribution in [0.2, 0.25) is 0 Å². The quantitative estimate of drug-likeness (QED) is 0.406. The van der Waals surface area contributed by atoms with Gasteiger partial charge < -0.3 is 10.2 Å². The van der Waals surface area contributed by atoms with Gasteiger partial charge in [0.2, 0.25) is 0 Å². The Hall–Kier alpha value is -3.86. The SMILES string of the molecule is CCc1ccc(N2C(=O)C(Nc3ccc(N(CC)CC)cc3)=C(c3ccc(C)cc3C)C2=O)cc1. The molecule has 0 aliphatic carbocycles. The minimum Gasteiger partial charge on any atom is -0.372 e. The zero-order valence-electron chi connectivity index (χ0n) is 21.2. The molecule has 3 aromatic carbocycles. The van der Waals surface area contributed by atoms with Gasteiger partial charge in [-0.1, -0.05) is 42.8 Å². The fourth-order valence-corrected chi connectivity index (χ4v) is 4.59. The highest BCUT2D eigenvalue weighted by Gasteiger charge is 2.40. The first-order valence-corrected chi connectivity index (χ1v) is 12.3. The van der Waals surface area contributed by atoms with Crippen molar-refractivity contribution in [3.63, 3.8) is 0 Å². The van der Waals surface area contributed by atoms with Crippen molar-refractivity contribution >= 4 is 34.4 Å². The molecule has 0 atom stereocenters. The Bertz CT molecular complexity index is 1270. The predicted octanol–water partition coefficient (Wildman–Crippen LogP) is 6.11. The van der Waals surface area contributed by atoms with E-state index < -0.39 is 0 Å². The second-order valence-corrected chi connectivity index (χ2v) is 8.88. The summed E-state index contributed by atoms with van der Waals surface area (Å²) in [5.74, 6) is -0.657. The van der Waals surface area contributed by atoms with Crippen LogP contribution >= 0.6 is 0 Å². The van der Waals surface area contributed by atoms with Crippen LogP contribution in [0.5, 0.6) is 0 Å². The highest BCUT2D eigenvalue weighted by molar-refractivity contribution is 6.46. The molecule has 0 spiro atoms. The predicted molar refractivity (Wildman–Crippen MR) is 145 cm³/mol. The number of hydrogen-bond donors (Lipinski definition) is 1. The van der Waals surface area contributed by atoms with Gasteiger partial charge in [-0.2, -0.15) is 0 Å². The molecule has 0 saturated carbocycles. The van der Waals surface area contributed by atoms with Gasteiger partial charge in [-0.3, -0.25) is 9.59 Å². The van der Waals surface area contributed by atoms with Crippen molar-refractivity contribution in [1.29, 1.82) is 0 Å². The van der Waals surface area contributed by atoms with Crippen molar-refractivity contribution in [2.45, 2.75) is 41.0 Å². The van der Waals surface area contributed by atoms with Crippen molar-refractivity contribution in [3.8, 4) is 0 Å². The summed E-state index contributed by atoms with van der Waals surface area (Å²) in [4.78, 5) is 31.0. The second-order valence-electron chi connectivity index (χ2n) is 8.88. The third-order valence-corrected chi connectivity index (χ3v) is 6.60. The van der Waals surface area contributed by atoms with Crippen molar-refractivity contribution in [3.05, 3.63) is 94.7 Å². The third kappa shape index (κ3) is 4.72. The van der Waals surface area contributed by atoms with Crippen molar-refractivity contribution in [1.82, 2.24) is 0 Å². The lowest BCUT2D eigenvalue weighted by Crippen LogP contribution is -2.32. The number of hydrogen-bond acceptors (Lipinski definition) is 4. The standard InChI is InChI=1S/C30H33N3O2/c1-6-22-10-14-25(15-11-22)33-29(34)27(26-18-9-20(4)19-21(26)5)28(30(33)35)31-23-12-16-24(17-13-23)32(7-2)8-3/h9-19,31H,6-8H2,1-5H3. The van der Waals surface area contributed by atoms with E-state index in [1.165, 1.54) is 4.90 Å². The van der Waals surface area contributed by atoms with Crippen molar-refractivity contribution in [2.24, 2.45) is 0 Å². The molecule has 1 heterocycles. The summed E-state index contributed by atoms with van der Waals surface area (Å²) < 4.78 is 0. The maximum absolute atomic E-state index is 13.7. The number of rotatable bonds is 8. The molecule has 0 saturated heterocycles. The van der Waals surface area contributed by atoms with Gasteiger partial charge in [-0.15, -0.1) is 0 Å². The van der Waals surface area contributed by atoms with Crippen LogP contribution in [0.4, 0.5) is 17.1 Å². The molecule has 1 aliphatic heterocycles. The van der Waals surface area contributed by atoms with E-state index in [4.69, 9.17) is 0 Å². The number of carbonyl (C=O) groups excluding carboxylic acids is 2. The smallest absolute Gasteiger partial charge is 0.282 e. The minimum absolute atomic E-state index is 0.303. The lowest BCUT2D eigenvalue weighted by atomic mass is 9.97. The van der Waals surface area contributed by atoms with E-state index in [1.807, 2.05) is 80.6 Å². The lowest BCUT2D eigenvalue weighted by molar-refractivity contribution is -0.120. The second kappa shape index (κ2) is 10.2. The van der Waals surface area contributed by atoms with E-state index in [0.717, 1.165) is 53.1 Å². The molecule has 0 unspecified atom stereocenters. The molecule has 3 aromatic rings. The Balaban J connectivity index is 1.76. The number of benzene rings is 3. The highest BCUT2D eigenvalue weighted by Crippen LogP contribution is 2.35. The summed E-state index contributed by atoms with van der Waals surface area (Å²) in [6, 6.07) is 21.5. The van der Waals surface area contributed by atoms with Crippen LogP contribution in [-0.2, 0) is 16.0 Å². The van der Waals surface area contributed by atoms with Crippen LogP contribution in [0.25, 0.3) is 5.57 Å². The molecular formula is C30H33N3O2. The Labute approximate surface area is 208 Å². The number of imide groups is 1. The Kier molecular flexibility index (Phi) is 7.06. The number of nitrogens with zero attached hydrogens (tertiary/aromatic N) is 2. The van der Waals surface area contributed by atoms with Crippen LogP contribution < -0.4 is 15.1 Å². The van der Waals surface area contributed by atoms with Gasteiger partial charge in [0.25, 0.3) is 11.8 Å². The van der Waals surface area contributed by atoms with Gasteiger partial charge in [0.1, 0.15) is 5.70 Å². The molecular weight excluding hydrogens is 434 g/mol. The number of anilines is 3. The summed E-state index contributed by atoms with van der Waals surface area (Å²) in [7, 11) is 0. The lowest BCUT2D eigenvalue weighted by Gasteiger charge is -2.21. The summed E-state index contributed by atoms with van der Waals surface area (Å²) in [5, 5.41) is 3.28. The Morgan fingerprint density at radius 3 is 2.03 bits per heavy atom. The Morgan fingerprint density at radius 1 is 0.800 bits per heavy atom. The van der Waals surface area contributed by atoms with Gasteiger partial charge >= 0.3 is 0 Å². The average molecular weight is 468 g/mol. The molecule has 180 valence electrons. The first-order chi connectivity index (χ1) is 16.9. The average Bonchev–Trinajstić information content (AvgIpc) is 3.10. The van der Waals surface area contributed by atoms with Gasteiger partial charge in [0, 0.05) is 24.5 Å². The maximum atomic E-state index is 13.7. The van der Waals surface area contributed by atoms with Gasteiger partial charge in [0.05, 0.1) is 11.3 Å². The summed E-state index contributed by atoms with van der Waals surface area (Å²) in [5.41, 5.74) is 7.16. The van der Waals surface area contributed by atoms with E-state index in [2.05, 4.69) is 31.0 Å². The van der Waals surface area contributed by atoms with Gasteiger partial charge in [-0.25, -0.2) is 4.90 Å². The van der Waals surface area contributed by atoms with Crippen molar-refractivity contribution < 1.29 is 9.59 Å². The topological polar surface area (TPSA) is 52.7 Å². The minimum atomic E-state index is -0.345. The molecule has 5 nitrogen and oxygen atoms in total. The zero-order valence-corrected chi connectivity index (χ0v) is 21.2.